The molecule has 2 amide bonds. The zero-order chi connectivity index (χ0) is 20.7. The van der Waals surface area contributed by atoms with Crippen LogP contribution in [0.4, 0.5) is 0 Å². The van der Waals surface area contributed by atoms with Crippen molar-refractivity contribution in [2.75, 3.05) is 13.2 Å². The number of nitrogens with one attached hydrogen (secondary N) is 1. The van der Waals surface area contributed by atoms with Gasteiger partial charge in [-0.15, -0.1) is 0 Å². The zero-order valence-electron chi connectivity index (χ0n) is 16.2. The molecule has 0 aliphatic carbocycles. The summed E-state index contributed by atoms with van der Waals surface area (Å²) in [5, 5.41) is 3.69. The maximum atomic E-state index is 12.9. The van der Waals surface area contributed by atoms with E-state index in [4.69, 9.17) is 27.9 Å². The predicted octanol–water partition coefficient (Wildman–Crippen LogP) is 4.23. The lowest BCUT2D eigenvalue weighted by Gasteiger charge is -2.29. The molecule has 1 unspecified atom stereocenters. The van der Waals surface area contributed by atoms with Gasteiger partial charge in [-0.25, -0.2) is 0 Å². The molecule has 1 atom stereocenters. The molecule has 0 saturated carbocycles. The molecule has 0 spiro atoms. The number of rotatable bonds is 8. The van der Waals surface area contributed by atoms with Gasteiger partial charge in [0, 0.05) is 23.1 Å². The van der Waals surface area contributed by atoms with E-state index in [-0.39, 0.29) is 25.0 Å². The van der Waals surface area contributed by atoms with Crippen molar-refractivity contribution < 1.29 is 14.3 Å². The number of likely N-dealkylation sites (N-methyl/N-ethyl adjacent to an activating group) is 1. The normalized spacial score (nSPS) is 11.6. The third-order valence-corrected chi connectivity index (χ3v) is 4.81. The monoisotopic (exact) mass is 422 g/mol. The number of hydrogen-bond donors (Lipinski definition) is 1. The van der Waals surface area contributed by atoms with Gasteiger partial charge in [0.1, 0.15) is 11.8 Å². The highest BCUT2D eigenvalue weighted by atomic mass is 35.5. The summed E-state index contributed by atoms with van der Waals surface area (Å²) in [4.78, 5) is 26.7. The highest BCUT2D eigenvalue weighted by molar-refractivity contribution is 6.35. The third kappa shape index (κ3) is 6.14. The first-order chi connectivity index (χ1) is 13.3. The molecule has 0 saturated heterocycles. The van der Waals surface area contributed by atoms with Gasteiger partial charge >= 0.3 is 0 Å². The molecule has 5 nitrogen and oxygen atoms in total. The van der Waals surface area contributed by atoms with Gasteiger partial charge in [-0.05, 0) is 56.2 Å². The summed E-state index contributed by atoms with van der Waals surface area (Å²) in [5.41, 5.74) is 1.73. The van der Waals surface area contributed by atoms with Crippen molar-refractivity contribution in [2.24, 2.45) is 0 Å². The highest BCUT2D eigenvalue weighted by Gasteiger charge is 2.26. The van der Waals surface area contributed by atoms with E-state index >= 15 is 0 Å². The Bertz CT molecular complexity index is 842. The topological polar surface area (TPSA) is 58.6 Å². The van der Waals surface area contributed by atoms with Gasteiger partial charge in [0.2, 0.25) is 5.91 Å². The van der Waals surface area contributed by atoms with Gasteiger partial charge in [-0.3, -0.25) is 9.59 Å². The zero-order valence-corrected chi connectivity index (χ0v) is 17.7. The fourth-order valence-electron chi connectivity index (χ4n) is 2.67. The Morgan fingerprint density at radius 1 is 1.18 bits per heavy atom. The van der Waals surface area contributed by atoms with Gasteiger partial charge in [0.25, 0.3) is 5.91 Å². The van der Waals surface area contributed by atoms with Crippen molar-refractivity contribution in [2.45, 2.75) is 33.4 Å². The van der Waals surface area contributed by atoms with Crippen LogP contribution in [-0.4, -0.2) is 35.9 Å². The minimum atomic E-state index is -0.680. The summed E-state index contributed by atoms with van der Waals surface area (Å²) in [6.45, 7) is 5.92. The van der Waals surface area contributed by atoms with Crippen molar-refractivity contribution in [3.05, 3.63) is 63.6 Å². The minimum Gasteiger partial charge on any atom is -0.484 e. The summed E-state index contributed by atoms with van der Waals surface area (Å²) in [5.74, 6) is 0.0475. The second kappa shape index (κ2) is 10.3. The van der Waals surface area contributed by atoms with E-state index in [1.165, 1.54) is 4.90 Å². The van der Waals surface area contributed by atoms with E-state index in [0.29, 0.717) is 27.9 Å². The first kappa shape index (κ1) is 22.1. The maximum Gasteiger partial charge on any atom is 0.261 e. The van der Waals surface area contributed by atoms with Gasteiger partial charge in [-0.2, -0.15) is 0 Å². The lowest BCUT2D eigenvalue weighted by molar-refractivity contribution is -0.142. The van der Waals surface area contributed by atoms with Crippen LogP contribution in [0.1, 0.15) is 25.0 Å². The Balaban J connectivity index is 2.18. The van der Waals surface area contributed by atoms with E-state index in [1.807, 2.05) is 32.0 Å². The summed E-state index contributed by atoms with van der Waals surface area (Å²) < 4.78 is 5.63. The first-order valence-corrected chi connectivity index (χ1v) is 9.78. The number of aryl methyl sites for hydroxylation is 1. The van der Waals surface area contributed by atoms with E-state index in [1.54, 1.807) is 31.2 Å². The molecular formula is C21H24Cl2N2O3. The lowest BCUT2D eigenvalue weighted by atomic mass is 10.1. The molecule has 1 N–H and O–H groups in total. The maximum absolute atomic E-state index is 12.9. The third-order valence-electron chi connectivity index (χ3n) is 4.23. The number of carbonyl (C=O) groups excluding carboxylic acids is 2. The standard InChI is InChI=1S/C21H24Cl2N2O3/c1-4-24-21(27)15(3)25(12-16-8-9-17(22)11-19(16)23)20(26)13-28-18-7-5-6-14(2)10-18/h5-11,15H,4,12-13H2,1-3H3,(H,24,27). The van der Waals surface area contributed by atoms with Crippen molar-refractivity contribution in [1.29, 1.82) is 0 Å². The smallest absolute Gasteiger partial charge is 0.261 e. The Hall–Kier alpha value is -2.24. The van der Waals surface area contributed by atoms with Gasteiger partial charge in [-0.1, -0.05) is 41.4 Å². The van der Waals surface area contributed by atoms with Crippen LogP contribution >= 0.6 is 23.2 Å². The second-order valence-electron chi connectivity index (χ2n) is 6.43. The molecule has 0 aliphatic heterocycles. The van der Waals surface area contributed by atoms with Crippen LogP contribution in [0.25, 0.3) is 0 Å². The molecule has 2 aromatic carbocycles. The number of hydrogen-bond acceptors (Lipinski definition) is 3. The Morgan fingerprint density at radius 3 is 2.57 bits per heavy atom. The van der Waals surface area contributed by atoms with Crippen LogP contribution in [0, 0.1) is 6.92 Å². The van der Waals surface area contributed by atoms with Gasteiger partial charge in [0.15, 0.2) is 6.61 Å². The molecule has 28 heavy (non-hydrogen) atoms. The molecule has 2 rings (SSSR count). The molecular weight excluding hydrogens is 399 g/mol. The number of benzene rings is 2. The summed E-state index contributed by atoms with van der Waals surface area (Å²) >= 11 is 12.2. The fraction of sp³-hybridized carbons (Fsp3) is 0.333. The minimum absolute atomic E-state index is 0.171. The quantitative estimate of drug-likeness (QED) is 0.691. The first-order valence-electron chi connectivity index (χ1n) is 9.02. The molecule has 150 valence electrons. The van der Waals surface area contributed by atoms with Crippen LogP contribution in [0.3, 0.4) is 0 Å². The van der Waals surface area contributed by atoms with Crippen LogP contribution < -0.4 is 10.1 Å². The summed E-state index contributed by atoms with van der Waals surface area (Å²) in [6.07, 6.45) is 0. The molecule has 7 heteroatoms. The molecule has 0 radical (unpaired) electrons. The summed E-state index contributed by atoms with van der Waals surface area (Å²) in [7, 11) is 0. The summed E-state index contributed by atoms with van der Waals surface area (Å²) in [6, 6.07) is 11.8. The Morgan fingerprint density at radius 2 is 1.93 bits per heavy atom. The van der Waals surface area contributed by atoms with E-state index in [2.05, 4.69) is 5.32 Å². The molecule has 0 heterocycles. The average molecular weight is 423 g/mol. The molecule has 0 bridgehead atoms. The molecule has 0 aliphatic rings. The van der Waals surface area contributed by atoms with Crippen molar-refractivity contribution in [1.82, 2.24) is 10.2 Å². The second-order valence-corrected chi connectivity index (χ2v) is 7.28. The van der Waals surface area contributed by atoms with Crippen LogP contribution in [0.2, 0.25) is 10.0 Å². The lowest BCUT2D eigenvalue weighted by Crippen LogP contribution is -2.49. The highest BCUT2D eigenvalue weighted by Crippen LogP contribution is 2.23. The number of carbonyl (C=O) groups is 2. The van der Waals surface area contributed by atoms with Crippen LogP contribution in [0.15, 0.2) is 42.5 Å². The van der Waals surface area contributed by atoms with E-state index in [0.717, 1.165) is 5.56 Å². The largest absolute Gasteiger partial charge is 0.484 e. The van der Waals surface area contributed by atoms with Crippen molar-refractivity contribution in [3.8, 4) is 5.75 Å². The van der Waals surface area contributed by atoms with E-state index < -0.39 is 6.04 Å². The number of halogens is 2. The predicted molar refractivity (Wildman–Crippen MR) is 112 cm³/mol. The van der Waals surface area contributed by atoms with Crippen LogP contribution in [-0.2, 0) is 16.1 Å². The van der Waals surface area contributed by atoms with Gasteiger partial charge < -0.3 is 15.0 Å². The average Bonchev–Trinajstić information content (AvgIpc) is 2.65. The van der Waals surface area contributed by atoms with E-state index in [9.17, 15) is 9.59 Å². The molecule has 0 aromatic heterocycles. The number of nitrogens with zero attached hydrogens (tertiary/aromatic N) is 1. The van der Waals surface area contributed by atoms with Crippen molar-refractivity contribution >= 4 is 35.0 Å². The Kier molecular flexibility index (Phi) is 8.15. The Labute approximate surface area is 175 Å². The molecule has 2 aromatic rings. The molecule has 0 fully saturated rings. The number of amides is 2. The fourth-order valence-corrected chi connectivity index (χ4v) is 3.14. The number of ether oxygens (including phenoxy) is 1. The van der Waals surface area contributed by atoms with Crippen LogP contribution in [0.5, 0.6) is 5.75 Å². The SMILES string of the molecule is CCNC(=O)C(C)N(Cc1ccc(Cl)cc1Cl)C(=O)COc1cccc(C)c1. The van der Waals surface area contributed by atoms with Crippen molar-refractivity contribution in [3.63, 3.8) is 0 Å². The van der Waals surface area contributed by atoms with Gasteiger partial charge in [0.05, 0.1) is 0 Å².